The molecule has 3 nitrogen and oxygen atoms in total. The van der Waals surface area contributed by atoms with Crippen LogP contribution in [0.3, 0.4) is 0 Å². The summed E-state index contributed by atoms with van der Waals surface area (Å²) in [6, 6.07) is 10.3. The Labute approximate surface area is 114 Å². The molecule has 0 aromatic heterocycles. The number of nitrogens with zero attached hydrogens (tertiary/aromatic N) is 1. The van der Waals surface area contributed by atoms with Crippen molar-refractivity contribution in [2.75, 3.05) is 5.32 Å². The summed E-state index contributed by atoms with van der Waals surface area (Å²) in [5.41, 5.74) is 0.192. The monoisotopic (exact) mass is 272 g/mol. The van der Waals surface area contributed by atoms with Crippen molar-refractivity contribution in [2.45, 2.75) is 6.92 Å². The Hall–Kier alpha value is -2.74. The smallest absolute Gasteiger partial charge is 0.261 e. The van der Waals surface area contributed by atoms with Gasteiger partial charge in [0.25, 0.3) is 5.91 Å². The van der Waals surface area contributed by atoms with Crippen LogP contribution in [0, 0.1) is 29.9 Å². The van der Waals surface area contributed by atoms with Crippen LogP contribution in [0.4, 0.5) is 14.5 Å². The van der Waals surface area contributed by atoms with Crippen molar-refractivity contribution in [3.63, 3.8) is 0 Å². The molecule has 0 atom stereocenters. The molecule has 0 unspecified atom stereocenters. The van der Waals surface area contributed by atoms with Gasteiger partial charge >= 0.3 is 0 Å². The minimum atomic E-state index is -0.929. The Kier molecular flexibility index (Phi) is 3.76. The van der Waals surface area contributed by atoms with Gasteiger partial charge in [-0.05, 0) is 36.8 Å². The fourth-order valence-corrected chi connectivity index (χ4v) is 1.72. The molecule has 0 aliphatic heterocycles. The lowest BCUT2D eigenvalue weighted by Crippen LogP contribution is -2.16. The SMILES string of the molecule is Cc1ccc(F)c(C(=O)Nc2cccc(C#N)c2)c1F. The van der Waals surface area contributed by atoms with Crippen LogP contribution in [-0.4, -0.2) is 5.91 Å². The van der Waals surface area contributed by atoms with Gasteiger partial charge < -0.3 is 5.32 Å². The second-order valence-corrected chi connectivity index (χ2v) is 4.20. The number of aryl methyl sites for hydroxylation is 1. The summed E-state index contributed by atoms with van der Waals surface area (Å²) >= 11 is 0. The molecule has 0 aliphatic rings. The minimum Gasteiger partial charge on any atom is -0.322 e. The first-order valence-electron chi connectivity index (χ1n) is 5.79. The maximum Gasteiger partial charge on any atom is 0.261 e. The van der Waals surface area contributed by atoms with Crippen molar-refractivity contribution in [3.05, 3.63) is 64.7 Å². The maximum absolute atomic E-state index is 13.8. The fraction of sp³-hybridized carbons (Fsp3) is 0.0667. The van der Waals surface area contributed by atoms with Crippen LogP contribution in [0.15, 0.2) is 36.4 Å². The van der Waals surface area contributed by atoms with Crippen molar-refractivity contribution in [3.8, 4) is 6.07 Å². The summed E-state index contributed by atoms with van der Waals surface area (Å²) in [5, 5.41) is 11.1. The summed E-state index contributed by atoms with van der Waals surface area (Å²) in [7, 11) is 0. The lowest BCUT2D eigenvalue weighted by molar-refractivity contribution is 0.101. The molecule has 1 amide bonds. The zero-order valence-corrected chi connectivity index (χ0v) is 10.6. The Morgan fingerprint density at radius 1 is 1.25 bits per heavy atom. The zero-order chi connectivity index (χ0) is 14.7. The fourth-order valence-electron chi connectivity index (χ4n) is 1.72. The number of carbonyl (C=O) groups is 1. The van der Waals surface area contributed by atoms with Crippen LogP contribution in [0.1, 0.15) is 21.5 Å². The zero-order valence-electron chi connectivity index (χ0n) is 10.6. The van der Waals surface area contributed by atoms with E-state index in [9.17, 15) is 13.6 Å². The molecule has 0 fully saturated rings. The van der Waals surface area contributed by atoms with Gasteiger partial charge in [0.2, 0.25) is 0 Å². The van der Waals surface area contributed by atoms with Crippen LogP contribution in [0.5, 0.6) is 0 Å². The topological polar surface area (TPSA) is 52.9 Å². The highest BCUT2D eigenvalue weighted by Gasteiger charge is 2.19. The number of benzene rings is 2. The van der Waals surface area contributed by atoms with E-state index in [2.05, 4.69) is 5.32 Å². The average molecular weight is 272 g/mol. The van der Waals surface area contributed by atoms with E-state index in [-0.39, 0.29) is 5.56 Å². The lowest BCUT2D eigenvalue weighted by atomic mass is 10.1. The van der Waals surface area contributed by atoms with E-state index >= 15 is 0 Å². The number of rotatable bonds is 2. The van der Waals surface area contributed by atoms with Crippen LogP contribution in [0.25, 0.3) is 0 Å². The Bertz CT molecular complexity index is 720. The predicted molar refractivity (Wildman–Crippen MR) is 70.2 cm³/mol. The summed E-state index contributed by atoms with van der Waals surface area (Å²) < 4.78 is 27.4. The van der Waals surface area contributed by atoms with Gasteiger partial charge in [0.15, 0.2) is 0 Å². The third-order valence-corrected chi connectivity index (χ3v) is 2.76. The molecule has 2 aromatic rings. The molecule has 2 rings (SSSR count). The lowest BCUT2D eigenvalue weighted by Gasteiger charge is -2.08. The molecular weight excluding hydrogens is 262 g/mol. The summed E-state index contributed by atoms with van der Waals surface area (Å²) in [6.45, 7) is 1.45. The summed E-state index contributed by atoms with van der Waals surface area (Å²) in [6.07, 6.45) is 0. The number of amides is 1. The second-order valence-electron chi connectivity index (χ2n) is 4.20. The van der Waals surface area contributed by atoms with Crippen molar-refractivity contribution in [2.24, 2.45) is 0 Å². The second kappa shape index (κ2) is 5.49. The van der Waals surface area contributed by atoms with E-state index in [0.717, 1.165) is 6.07 Å². The molecule has 5 heteroatoms. The molecule has 0 saturated carbocycles. The molecule has 0 aliphatic carbocycles. The van der Waals surface area contributed by atoms with Gasteiger partial charge in [-0.25, -0.2) is 8.78 Å². The highest BCUT2D eigenvalue weighted by Crippen LogP contribution is 2.18. The van der Waals surface area contributed by atoms with E-state index in [0.29, 0.717) is 11.3 Å². The quantitative estimate of drug-likeness (QED) is 0.911. The van der Waals surface area contributed by atoms with Gasteiger partial charge in [0, 0.05) is 5.69 Å². The van der Waals surface area contributed by atoms with Crippen LogP contribution in [0.2, 0.25) is 0 Å². The number of halogens is 2. The van der Waals surface area contributed by atoms with Gasteiger partial charge in [-0.2, -0.15) is 5.26 Å². The van der Waals surface area contributed by atoms with E-state index < -0.39 is 23.1 Å². The molecule has 0 saturated heterocycles. The third-order valence-electron chi connectivity index (χ3n) is 2.76. The number of nitrogens with one attached hydrogen (secondary N) is 1. The molecule has 1 N–H and O–H groups in total. The van der Waals surface area contributed by atoms with Gasteiger partial charge in [-0.3, -0.25) is 4.79 Å². The average Bonchev–Trinajstić information content (AvgIpc) is 2.43. The maximum atomic E-state index is 13.8. The van der Waals surface area contributed by atoms with E-state index in [1.165, 1.54) is 25.1 Å². The minimum absolute atomic E-state index is 0.183. The van der Waals surface area contributed by atoms with Crippen LogP contribution >= 0.6 is 0 Å². The first-order chi connectivity index (χ1) is 9.52. The summed E-state index contributed by atoms with van der Waals surface area (Å²) in [5.74, 6) is -2.71. The number of hydrogen-bond acceptors (Lipinski definition) is 2. The first kappa shape index (κ1) is 13.7. The Morgan fingerprint density at radius 2 is 2.00 bits per heavy atom. The van der Waals surface area contributed by atoms with E-state index in [1.807, 2.05) is 6.07 Å². The standard InChI is InChI=1S/C15H10F2N2O/c1-9-5-6-12(16)13(14(9)17)15(20)19-11-4-2-3-10(7-11)8-18/h2-7H,1H3,(H,19,20). The largest absolute Gasteiger partial charge is 0.322 e. The number of carbonyl (C=O) groups excluding carboxylic acids is 1. The molecule has 100 valence electrons. The van der Waals surface area contributed by atoms with E-state index in [4.69, 9.17) is 5.26 Å². The van der Waals surface area contributed by atoms with Crippen molar-refractivity contribution >= 4 is 11.6 Å². The van der Waals surface area contributed by atoms with Crippen molar-refractivity contribution in [1.82, 2.24) is 0 Å². The molecule has 0 spiro atoms. The Balaban J connectivity index is 2.34. The van der Waals surface area contributed by atoms with Gasteiger partial charge in [0.05, 0.1) is 11.6 Å². The molecule has 2 aromatic carbocycles. The highest BCUT2D eigenvalue weighted by molar-refractivity contribution is 6.04. The number of nitriles is 1. The van der Waals surface area contributed by atoms with Crippen LogP contribution in [-0.2, 0) is 0 Å². The van der Waals surface area contributed by atoms with Gasteiger partial charge in [-0.15, -0.1) is 0 Å². The predicted octanol–water partition coefficient (Wildman–Crippen LogP) is 3.40. The van der Waals surface area contributed by atoms with Gasteiger partial charge in [0.1, 0.15) is 17.2 Å². The van der Waals surface area contributed by atoms with Gasteiger partial charge in [-0.1, -0.05) is 12.1 Å². The molecule has 0 radical (unpaired) electrons. The Morgan fingerprint density at radius 3 is 2.70 bits per heavy atom. The van der Waals surface area contributed by atoms with Crippen LogP contribution < -0.4 is 5.32 Å². The normalized spacial score (nSPS) is 9.90. The number of anilines is 1. The summed E-state index contributed by atoms with van der Waals surface area (Å²) in [4.78, 5) is 11.9. The molecule has 0 bridgehead atoms. The van der Waals surface area contributed by atoms with E-state index in [1.54, 1.807) is 12.1 Å². The molecule has 20 heavy (non-hydrogen) atoms. The molecular formula is C15H10F2N2O. The van der Waals surface area contributed by atoms with Crippen molar-refractivity contribution in [1.29, 1.82) is 5.26 Å². The number of hydrogen-bond donors (Lipinski definition) is 1. The third kappa shape index (κ3) is 2.64. The van der Waals surface area contributed by atoms with Crippen molar-refractivity contribution < 1.29 is 13.6 Å². The molecule has 0 heterocycles. The first-order valence-corrected chi connectivity index (χ1v) is 5.79. The highest BCUT2D eigenvalue weighted by atomic mass is 19.1.